The minimum absolute atomic E-state index is 0.0418. The van der Waals surface area contributed by atoms with E-state index in [1.54, 1.807) is 24.5 Å². The zero-order valence-corrected chi connectivity index (χ0v) is 17.3. The second kappa shape index (κ2) is 8.70. The number of halogens is 2. The Morgan fingerprint density at radius 3 is 2.45 bits per heavy atom. The summed E-state index contributed by atoms with van der Waals surface area (Å²) in [6, 6.07) is 5.40. The molecule has 2 aromatic rings. The topological polar surface area (TPSA) is 71.5 Å². The second-order valence-corrected chi connectivity index (χ2v) is 8.36. The van der Waals surface area contributed by atoms with E-state index < -0.39 is 29.3 Å². The van der Waals surface area contributed by atoms with Gasteiger partial charge in [-0.1, -0.05) is 6.92 Å². The number of nitrogens with zero attached hydrogens (tertiary/aromatic N) is 2. The molecule has 1 saturated carbocycles. The molecule has 0 radical (unpaired) electrons. The molecule has 1 atom stereocenters. The number of pyridine rings is 1. The first-order valence-electron chi connectivity index (χ1n) is 10.5. The zero-order valence-electron chi connectivity index (χ0n) is 17.3. The lowest BCUT2D eigenvalue weighted by molar-refractivity contribution is -0.128. The van der Waals surface area contributed by atoms with E-state index in [-0.39, 0.29) is 24.6 Å². The third-order valence-electron chi connectivity index (χ3n) is 6.16. The molecule has 1 aromatic carbocycles. The van der Waals surface area contributed by atoms with Crippen molar-refractivity contribution >= 4 is 11.8 Å². The number of hydrogen-bond donors (Lipinski definition) is 1. The number of carbonyl (C=O) groups excluding carboxylic acids is 2. The van der Waals surface area contributed by atoms with Crippen LogP contribution in [-0.4, -0.2) is 40.1 Å². The fourth-order valence-corrected chi connectivity index (χ4v) is 4.40. The average Bonchev–Trinajstić information content (AvgIpc) is 3.12. The summed E-state index contributed by atoms with van der Waals surface area (Å²) in [6.07, 6.45) is 6.09. The highest BCUT2D eigenvalue weighted by atomic mass is 19.1. The number of carbonyl (C=O) groups is 2. The van der Waals surface area contributed by atoms with E-state index in [1.165, 1.54) is 4.90 Å². The first-order chi connectivity index (χ1) is 14.9. The lowest BCUT2D eigenvalue weighted by Crippen LogP contribution is -2.56. The van der Waals surface area contributed by atoms with Gasteiger partial charge >= 0.3 is 0 Å². The normalized spacial score (nSPS) is 25.6. The van der Waals surface area contributed by atoms with E-state index in [0.717, 1.165) is 30.5 Å². The summed E-state index contributed by atoms with van der Waals surface area (Å²) >= 11 is 0. The van der Waals surface area contributed by atoms with Crippen LogP contribution in [0.3, 0.4) is 0 Å². The molecule has 1 spiro atoms. The first kappa shape index (κ1) is 21.4. The van der Waals surface area contributed by atoms with Crippen molar-refractivity contribution in [1.29, 1.82) is 0 Å². The van der Waals surface area contributed by atoms with E-state index in [9.17, 15) is 18.4 Å². The number of ether oxygens (including phenoxy) is 1. The van der Waals surface area contributed by atoms with Gasteiger partial charge in [0, 0.05) is 30.6 Å². The van der Waals surface area contributed by atoms with Crippen molar-refractivity contribution in [2.45, 2.75) is 50.9 Å². The standard InChI is InChI=1S/C23H25F2N3O3/c1-15-2-6-23(7-3-15)28(22(30)17-10-18(24)12-19(25)11-17)20(14-31-23)21(29)27-13-16-4-8-26-9-5-16/h4-5,8-12,15,20H,2-3,6-7,13-14H2,1H3,(H,27,29). The number of rotatable bonds is 4. The largest absolute Gasteiger partial charge is 0.353 e. The van der Waals surface area contributed by atoms with Crippen LogP contribution in [0.5, 0.6) is 0 Å². The smallest absolute Gasteiger partial charge is 0.257 e. The van der Waals surface area contributed by atoms with Crippen LogP contribution in [-0.2, 0) is 16.1 Å². The van der Waals surface area contributed by atoms with Crippen molar-refractivity contribution in [2.75, 3.05) is 6.61 Å². The first-order valence-corrected chi connectivity index (χ1v) is 10.5. The van der Waals surface area contributed by atoms with Gasteiger partial charge < -0.3 is 10.1 Å². The molecule has 31 heavy (non-hydrogen) atoms. The minimum Gasteiger partial charge on any atom is -0.353 e. The zero-order chi connectivity index (χ0) is 22.0. The van der Waals surface area contributed by atoms with Gasteiger partial charge in [0.1, 0.15) is 23.4 Å². The van der Waals surface area contributed by atoms with E-state index in [2.05, 4.69) is 17.2 Å². The van der Waals surface area contributed by atoms with Crippen LogP contribution < -0.4 is 5.32 Å². The number of nitrogens with one attached hydrogen (secondary N) is 1. The van der Waals surface area contributed by atoms with Crippen LogP contribution in [0, 0.1) is 17.6 Å². The van der Waals surface area contributed by atoms with Gasteiger partial charge in [0.15, 0.2) is 0 Å². The molecule has 2 fully saturated rings. The van der Waals surface area contributed by atoms with E-state index in [4.69, 9.17) is 4.74 Å². The SMILES string of the molecule is CC1CCC2(CC1)OCC(C(=O)NCc1ccncc1)N2C(=O)c1cc(F)cc(F)c1. The predicted molar refractivity (Wildman–Crippen MR) is 109 cm³/mol. The molecular formula is C23H25F2N3O3. The molecule has 8 heteroatoms. The van der Waals surface area contributed by atoms with E-state index in [1.807, 2.05) is 0 Å². The Morgan fingerprint density at radius 1 is 1.16 bits per heavy atom. The highest BCUT2D eigenvalue weighted by molar-refractivity contribution is 5.98. The second-order valence-electron chi connectivity index (χ2n) is 8.36. The van der Waals surface area contributed by atoms with Gasteiger partial charge in [0.2, 0.25) is 5.91 Å². The average molecular weight is 429 g/mol. The van der Waals surface area contributed by atoms with Crippen LogP contribution in [0.4, 0.5) is 8.78 Å². The number of amides is 2. The maximum absolute atomic E-state index is 13.8. The Balaban J connectivity index is 1.60. The minimum atomic E-state index is -0.939. The van der Waals surface area contributed by atoms with Crippen LogP contribution in [0.2, 0.25) is 0 Å². The van der Waals surface area contributed by atoms with Crippen molar-refractivity contribution in [3.8, 4) is 0 Å². The van der Waals surface area contributed by atoms with Gasteiger partial charge in [-0.3, -0.25) is 19.5 Å². The van der Waals surface area contributed by atoms with Crippen molar-refractivity contribution in [3.05, 3.63) is 65.5 Å². The van der Waals surface area contributed by atoms with E-state index in [0.29, 0.717) is 24.8 Å². The van der Waals surface area contributed by atoms with Gasteiger partial charge in [-0.25, -0.2) is 8.78 Å². The lowest BCUT2D eigenvalue weighted by Gasteiger charge is -2.43. The quantitative estimate of drug-likeness (QED) is 0.809. The molecule has 1 aliphatic carbocycles. The fourth-order valence-electron chi connectivity index (χ4n) is 4.40. The monoisotopic (exact) mass is 429 g/mol. The van der Waals surface area contributed by atoms with Crippen molar-refractivity contribution in [3.63, 3.8) is 0 Å². The molecule has 2 aliphatic rings. The summed E-state index contributed by atoms with van der Waals surface area (Å²) in [4.78, 5) is 31.8. The molecule has 6 nitrogen and oxygen atoms in total. The van der Waals surface area contributed by atoms with Gasteiger partial charge in [-0.15, -0.1) is 0 Å². The highest BCUT2D eigenvalue weighted by Crippen LogP contribution is 2.43. The summed E-state index contributed by atoms with van der Waals surface area (Å²) in [5, 5.41) is 2.84. The fraction of sp³-hybridized carbons (Fsp3) is 0.435. The summed E-state index contributed by atoms with van der Waals surface area (Å²) in [5.74, 6) is -2.16. The van der Waals surface area contributed by atoms with Crippen molar-refractivity contribution in [2.24, 2.45) is 5.92 Å². The molecule has 1 saturated heterocycles. The maximum atomic E-state index is 13.8. The van der Waals surface area contributed by atoms with Crippen LogP contribution in [0.25, 0.3) is 0 Å². The molecule has 4 rings (SSSR count). The number of benzene rings is 1. The Labute approximate surface area is 179 Å². The Bertz CT molecular complexity index is 942. The molecule has 1 unspecified atom stereocenters. The van der Waals surface area contributed by atoms with Gasteiger partial charge in [-0.05, 0) is 61.4 Å². The van der Waals surface area contributed by atoms with Gasteiger partial charge in [-0.2, -0.15) is 0 Å². The summed E-state index contributed by atoms with van der Waals surface area (Å²) in [5.41, 5.74) is -0.202. The third kappa shape index (κ3) is 4.44. The lowest BCUT2D eigenvalue weighted by atomic mass is 9.83. The molecule has 2 amide bonds. The highest BCUT2D eigenvalue weighted by Gasteiger charge is 2.53. The predicted octanol–water partition coefficient (Wildman–Crippen LogP) is 3.42. The van der Waals surface area contributed by atoms with Gasteiger partial charge in [0.05, 0.1) is 6.61 Å². The van der Waals surface area contributed by atoms with Crippen molar-refractivity contribution in [1.82, 2.24) is 15.2 Å². The number of aromatic nitrogens is 1. The Morgan fingerprint density at radius 2 is 1.81 bits per heavy atom. The van der Waals surface area contributed by atoms with E-state index >= 15 is 0 Å². The molecule has 1 N–H and O–H groups in total. The van der Waals surface area contributed by atoms with Crippen LogP contribution in [0.1, 0.15) is 48.5 Å². The summed E-state index contributed by atoms with van der Waals surface area (Å²) < 4.78 is 33.7. The maximum Gasteiger partial charge on any atom is 0.257 e. The molecular weight excluding hydrogens is 404 g/mol. The summed E-state index contributed by atoms with van der Waals surface area (Å²) in [7, 11) is 0. The molecule has 2 heterocycles. The van der Waals surface area contributed by atoms with Crippen LogP contribution in [0.15, 0.2) is 42.7 Å². The molecule has 1 aromatic heterocycles. The molecule has 164 valence electrons. The van der Waals surface area contributed by atoms with Crippen LogP contribution >= 0.6 is 0 Å². The third-order valence-corrected chi connectivity index (χ3v) is 6.16. The Kier molecular flexibility index (Phi) is 6.00. The molecule has 0 bridgehead atoms. The van der Waals surface area contributed by atoms with Crippen molar-refractivity contribution < 1.29 is 23.1 Å². The number of hydrogen-bond acceptors (Lipinski definition) is 4. The summed E-state index contributed by atoms with van der Waals surface area (Å²) in [6.45, 7) is 2.45. The molecule has 1 aliphatic heterocycles. The Hall–Kier alpha value is -2.87. The van der Waals surface area contributed by atoms with Gasteiger partial charge in [0.25, 0.3) is 5.91 Å².